The van der Waals surface area contributed by atoms with E-state index in [-0.39, 0.29) is 29.7 Å². The van der Waals surface area contributed by atoms with Crippen LogP contribution >= 0.6 is 0 Å². The molecular weight excluding hydrogens is 460 g/mol. The largest absolute Gasteiger partial charge is 0.489 e. The van der Waals surface area contributed by atoms with E-state index in [0.29, 0.717) is 42.8 Å². The summed E-state index contributed by atoms with van der Waals surface area (Å²) < 4.78 is 30.3. The molecule has 0 unspecified atom stereocenters. The number of hydrogen-bond acceptors (Lipinski definition) is 8. The van der Waals surface area contributed by atoms with Crippen LogP contribution in [0.5, 0.6) is 5.75 Å². The lowest BCUT2D eigenvalue weighted by Crippen LogP contribution is -2.40. The first-order valence-electron chi connectivity index (χ1n) is 10.6. The molecule has 2 aromatic rings. The summed E-state index contributed by atoms with van der Waals surface area (Å²) in [6, 6.07) is 4.71. The molecule has 0 atom stereocenters. The van der Waals surface area contributed by atoms with Gasteiger partial charge in [-0.15, -0.1) is 0 Å². The van der Waals surface area contributed by atoms with E-state index >= 15 is 0 Å². The van der Waals surface area contributed by atoms with E-state index in [1.807, 2.05) is 19.9 Å². The standard InChI is InChI=1S/C22H26N6O5S/c1-14(2)33-19-9-20(24-11-17(19)10-23)26-22(30)28-7-5-6-15-8-16(12-27(3)34(4,31)32)18(13-29)25-21(15)28/h8-9,11,13-14H,5-7,12H2,1-4H3,(H,24,26,30). The number of rotatable bonds is 7. The number of carbonyl (C=O) groups excluding carboxylic acids is 2. The molecule has 1 aliphatic rings. The molecule has 180 valence electrons. The maximum absolute atomic E-state index is 13.1. The van der Waals surface area contributed by atoms with Gasteiger partial charge in [0.25, 0.3) is 0 Å². The summed E-state index contributed by atoms with van der Waals surface area (Å²) in [5.74, 6) is 0.848. The summed E-state index contributed by atoms with van der Waals surface area (Å²) in [5, 5.41) is 11.9. The molecule has 0 aromatic carbocycles. The number of aldehydes is 1. The molecule has 0 saturated carbocycles. The van der Waals surface area contributed by atoms with Crippen LogP contribution in [0.25, 0.3) is 0 Å². The van der Waals surface area contributed by atoms with Crippen molar-refractivity contribution in [3.8, 4) is 11.8 Å². The summed E-state index contributed by atoms with van der Waals surface area (Å²) in [6.07, 6.45) is 4.07. The SMILES string of the molecule is CC(C)Oc1cc(NC(=O)N2CCCc3cc(CN(C)S(C)(=O)=O)c(C=O)nc32)ncc1C#N. The van der Waals surface area contributed by atoms with Gasteiger partial charge in [0.05, 0.1) is 18.6 Å². The van der Waals surface area contributed by atoms with E-state index in [9.17, 15) is 23.3 Å². The number of fused-ring (bicyclic) bond motifs is 1. The number of nitrogens with zero attached hydrogens (tertiary/aromatic N) is 5. The molecule has 0 fully saturated rings. The van der Waals surface area contributed by atoms with E-state index in [4.69, 9.17) is 4.74 Å². The van der Waals surface area contributed by atoms with Crippen LogP contribution in [0.15, 0.2) is 18.3 Å². The Labute approximate surface area is 198 Å². The first kappa shape index (κ1) is 25.1. The summed E-state index contributed by atoms with van der Waals surface area (Å²) in [7, 11) is -2.02. The van der Waals surface area contributed by atoms with Gasteiger partial charge in [-0.1, -0.05) is 0 Å². The van der Waals surface area contributed by atoms with Crippen LogP contribution in [-0.2, 0) is 23.0 Å². The molecule has 2 aromatic heterocycles. The highest BCUT2D eigenvalue weighted by Gasteiger charge is 2.27. The Morgan fingerprint density at radius 3 is 2.76 bits per heavy atom. The molecule has 3 heterocycles. The number of nitriles is 1. The average Bonchev–Trinajstić information content (AvgIpc) is 2.77. The van der Waals surface area contributed by atoms with Crippen molar-refractivity contribution < 1.29 is 22.7 Å². The molecule has 34 heavy (non-hydrogen) atoms. The zero-order valence-corrected chi connectivity index (χ0v) is 20.2. The van der Waals surface area contributed by atoms with Crippen LogP contribution < -0.4 is 15.0 Å². The third-order valence-corrected chi connectivity index (χ3v) is 6.44. The number of hydrogen-bond donors (Lipinski definition) is 1. The minimum atomic E-state index is -3.44. The molecule has 0 bridgehead atoms. The average molecular weight is 487 g/mol. The Morgan fingerprint density at radius 2 is 2.15 bits per heavy atom. The number of sulfonamides is 1. The van der Waals surface area contributed by atoms with Crippen LogP contribution in [0.3, 0.4) is 0 Å². The zero-order valence-electron chi connectivity index (χ0n) is 19.4. The van der Waals surface area contributed by atoms with Gasteiger partial charge in [0.1, 0.15) is 34.7 Å². The van der Waals surface area contributed by atoms with Gasteiger partial charge in [-0.25, -0.2) is 27.5 Å². The van der Waals surface area contributed by atoms with Crippen molar-refractivity contribution in [3.05, 3.63) is 40.7 Å². The van der Waals surface area contributed by atoms with Crippen LogP contribution in [0.1, 0.15) is 47.4 Å². The maximum Gasteiger partial charge on any atom is 0.328 e. The molecular formula is C22H26N6O5S. The topological polar surface area (TPSA) is 146 Å². The highest BCUT2D eigenvalue weighted by atomic mass is 32.2. The lowest BCUT2D eigenvalue weighted by atomic mass is 10.0. The Bertz CT molecular complexity index is 1260. The molecule has 0 aliphatic carbocycles. The molecule has 12 heteroatoms. The quantitative estimate of drug-likeness (QED) is 0.587. The number of pyridine rings is 2. The molecule has 0 saturated heterocycles. The Kier molecular flexibility index (Phi) is 7.48. The summed E-state index contributed by atoms with van der Waals surface area (Å²) in [4.78, 5) is 34.7. The number of anilines is 2. The molecule has 1 N–H and O–H groups in total. The van der Waals surface area contributed by atoms with Crippen molar-refractivity contribution in [2.45, 2.75) is 39.3 Å². The zero-order chi connectivity index (χ0) is 25.0. The van der Waals surface area contributed by atoms with E-state index < -0.39 is 16.1 Å². The normalized spacial score (nSPS) is 13.4. The predicted molar refractivity (Wildman–Crippen MR) is 125 cm³/mol. The molecule has 2 amide bonds. The number of aromatic nitrogens is 2. The van der Waals surface area contributed by atoms with Crippen LogP contribution in [0.4, 0.5) is 16.4 Å². The van der Waals surface area contributed by atoms with Gasteiger partial charge in [-0.05, 0) is 43.9 Å². The van der Waals surface area contributed by atoms with Crippen molar-refractivity contribution in [2.75, 3.05) is 30.1 Å². The fourth-order valence-electron chi connectivity index (χ4n) is 3.46. The highest BCUT2D eigenvalue weighted by molar-refractivity contribution is 7.88. The second kappa shape index (κ2) is 10.1. The molecule has 3 rings (SSSR count). The van der Waals surface area contributed by atoms with Gasteiger partial charge >= 0.3 is 6.03 Å². The third kappa shape index (κ3) is 5.67. The minimum Gasteiger partial charge on any atom is -0.489 e. The Hall–Kier alpha value is -3.56. The molecule has 0 spiro atoms. The molecule has 1 aliphatic heterocycles. The van der Waals surface area contributed by atoms with Crippen molar-refractivity contribution in [3.63, 3.8) is 0 Å². The van der Waals surface area contributed by atoms with Gasteiger partial charge in [-0.3, -0.25) is 15.0 Å². The van der Waals surface area contributed by atoms with E-state index in [0.717, 1.165) is 16.1 Å². The van der Waals surface area contributed by atoms with Crippen LogP contribution in [-0.4, -0.2) is 61.0 Å². The fourth-order valence-corrected chi connectivity index (χ4v) is 3.83. The Morgan fingerprint density at radius 1 is 1.41 bits per heavy atom. The smallest absolute Gasteiger partial charge is 0.328 e. The van der Waals surface area contributed by atoms with Gasteiger partial charge in [0.2, 0.25) is 10.0 Å². The van der Waals surface area contributed by atoms with Gasteiger partial charge < -0.3 is 4.74 Å². The second-order valence-corrected chi connectivity index (χ2v) is 10.3. The number of nitrogens with one attached hydrogen (secondary N) is 1. The number of amides is 2. The number of urea groups is 1. The summed E-state index contributed by atoms with van der Waals surface area (Å²) in [5.41, 5.74) is 1.52. The van der Waals surface area contributed by atoms with Gasteiger partial charge in [0, 0.05) is 26.2 Å². The molecule has 0 radical (unpaired) electrons. The maximum atomic E-state index is 13.1. The molecule has 11 nitrogen and oxygen atoms in total. The number of carbonyl (C=O) groups is 2. The van der Waals surface area contributed by atoms with Gasteiger partial charge in [0.15, 0.2) is 6.29 Å². The van der Waals surface area contributed by atoms with Crippen molar-refractivity contribution in [1.82, 2.24) is 14.3 Å². The monoisotopic (exact) mass is 486 g/mol. The predicted octanol–water partition coefficient (Wildman–Crippen LogP) is 2.32. The second-order valence-electron chi connectivity index (χ2n) is 8.18. The van der Waals surface area contributed by atoms with E-state index in [1.165, 1.54) is 24.2 Å². The van der Waals surface area contributed by atoms with Crippen molar-refractivity contribution in [1.29, 1.82) is 5.26 Å². The lowest BCUT2D eigenvalue weighted by molar-refractivity contribution is 0.111. The minimum absolute atomic E-state index is 0.00677. The van der Waals surface area contributed by atoms with Crippen LogP contribution in [0.2, 0.25) is 0 Å². The first-order valence-corrected chi connectivity index (χ1v) is 12.4. The van der Waals surface area contributed by atoms with Crippen molar-refractivity contribution in [2.24, 2.45) is 0 Å². The van der Waals surface area contributed by atoms with E-state index in [1.54, 1.807) is 6.07 Å². The highest BCUT2D eigenvalue weighted by Crippen LogP contribution is 2.29. The number of aryl methyl sites for hydroxylation is 1. The number of ether oxygens (including phenoxy) is 1. The van der Waals surface area contributed by atoms with Crippen LogP contribution in [0, 0.1) is 11.3 Å². The lowest BCUT2D eigenvalue weighted by Gasteiger charge is -2.29. The van der Waals surface area contributed by atoms with Gasteiger partial charge in [-0.2, -0.15) is 5.26 Å². The van der Waals surface area contributed by atoms with E-state index in [2.05, 4.69) is 15.3 Å². The summed E-state index contributed by atoms with van der Waals surface area (Å²) in [6.45, 7) is 4.01. The summed E-state index contributed by atoms with van der Waals surface area (Å²) >= 11 is 0. The third-order valence-electron chi connectivity index (χ3n) is 5.17. The Balaban J connectivity index is 1.89. The first-order chi connectivity index (χ1) is 16.0. The fraction of sp³-hybridized carbons (Fsp3) is 0.409. The van der Waals surface area contributed by atoms with Crippen molar-refractivity contribution >= 4 is 34.0 Å².